The molecule has 0 atom stereocenters. The Bertz CT molecular complexity index is 940. The third-order valence-corrected chi connectivity index (χ3v) is 3.77. The summed E-state index contributed by atoms with van der Waals surface area (Å²) >= 11 is 0. The highest BCUT2D eigenvalue weighted by molar-refractivity contribution is 6.07. The van der Waals surface area contributed by atoms with Gasteiger partial charge in [0.1, 0.15) is 23.1 Å². The fourth-order valence-corrected chi connectivity index (χ4v) is 2.50. The number of rotatable bonds is 6. The van der Waals surface area contributed by atoms with Crippen molar-refractivity contribution < 1.29 is 14.3 Å². The smallest absolute Gasteiger partial charge is 0.259 e. The van der Waals surface area contributed by atoms with E-state index in [1.165, 1.54) is 0 Å². The normalized spacial score (nSPS) is 10.3. The van der Waals surface area contributed by atoms with Crippen molar-refractivity contribution in [1.82, 2.24) is 4.98 Å². The van der Waals surface area contributed by atoms with Gasteiger partial charge in [-0.25, -0.2) is 4.98 Å². The Morgan fingerprint density at radius 2 is 1.78 bits per heavy atom. The van der Waals surface area contributed by atoms with Crippen molar-refractivity contribution in [3.8, 4) is 17.2 Å². The maximum Gasteiger partial charge on any atom is 0.259 e. The summed E-state index contributed by atoms with van der Waals surface area (Å²) in [7, 11) is 0. The van der Waals surface area contributed by atoms with Gasteiger partial charge in [0.25, 0.3) is 5.91 Å². The van der Waals surface area contributed by atoms with E-state index in [4.69, 9.17) is 15.2 Å². The first-order chi connectivity index (χ1) is 13.0. The fraction of sp³-hybridized carbons (Fsp3) is 0.143. The number of hydrogen-bond acceptors (Lipinski definition) is 5. The van der Waals surface area contributed by atoms with Crippen molar-refractivity contribution >= 4 is 17.4 Å². The van der Waals surface area contributed by atoms with Gasteiger partial charge in [0.2, 0.25) is 0 Å². The first-order valence-corrected chi connectivity index (χ1v) is 8.60. The Kier molecular flexibility index (Phi) is 5.56. The number of amides is 1. The molecule has 2 aromatic carbocycles. The first kappa shape index (κ1) is 18.3. The highest BCUT2D eigenvalue weighted by Gasteiger charge is 2.11. The molecule has 0 aliphatic carbocycles. The van der Waals surface area contributed by atoms with Crippen LogP contribution in [0.5, 0.6) is 17.2 Å². The molecule has 0 fully saturated rings. The van der Waals surface area contributed by atoms with Crippen LogP contribution in [0.2, 0.25) is 0 Å². The number of aryl methyl sites for hydroxylation is 1. The number of aromatic nitrogens is 1. The van der Waals surface area contributed by atoms with Crippen LogP contribution >= 0.6 is 0 Å². The molecule has 6 nitrogen and oxygen atoms in total. The summed E-state index contributed by atoms with van der Waals surface area (Å²) in [5, 5.41) is 2.80. The predicted octanol–water partition coefficient (Wildman–Crippen LogP) is 4.42. The lowest BCUT2D eigenvalue weighted by Gasteiger charge is -2.10. The van der Waals surface area contributed by atoms with Crippen molar-refractivity contribution in [2.75, 3.05) is 17.7 Å². The zero-order valence-corrected chi connectivity index (χ0v) is 15.2. The lowest BCUT2D eigenvalue weighted by atomic mass is 10.2. The van der Waals surface area contributed by atoms with Gasteiger partial charge in [0.15, 0.2) is 0 Å². The third kappa shape index (κ3) is 4.76. The van der Waals surface area contributed by atoms with Gasteiger partial charge in [-0.15, -0.1) is 0 Å². The van der Waals surface area contributed by atoms with Crippen molar-refractivity contribution in [1.29, 1.82) is 0 Å². The summed E-state index contributed by atoms with van der Waals surface area (Å²) in [6.45, 7) is 4.35. The number of nitrogens with zero attached hydrogens (tertiary/aromatic N) is 1. The Balaban J connectivity index is 1.66. The molecular formula is C21H21N3O3. The van der Waals surface area contributed by atoms with Gasteiger partial charge >= 0.3 is 0 Å². The highest BCUT2D eigenvalue weighted by Crippen LogP contribution is 2.26. The van der Waals surface area contributed by atoms with E-state index in [0.717, 1.165) is 11.4 Å². The predicted molar refractivity (Wildman–Crippen MR) is 105 cm³/mol. The van der Waals surface area contributed by atoms with E-state index < -0.39 is 0 Å². The fourth-order valence-electron chi connectivity index (χ4n) is 2.50. The molecule has 0 unspecified atom stereocenters. The highest BCUT2D eigenvalue weighted by atomic mass is 16.5. The van der Waals surface area contributed by atoms with Crippen LogP contribution in [0.15, 0.2) is 60.7 Å². The Morgan fingerprint density at radius 3 is 2.48 bits per heavy atom. The SMILES string of the molecule is CCOc1cccc(Oc2ccc(NC(=O)c3ccc(C)nc3N)cc2)c1. The summed E-state index contributed by atoms with van der Waals surface area (Å²) in [6.07, 6.45) is 0. The number of carbonyl (C=O) groups excluding carboxylic acids is 1. The Labute approximate surface area is 158 Å². The average Bonchev–Trinajstić information content (AvgIpc) is 2.64. The maximum atomic E-state index is 12.3. The molecule has 1 heterocycles. The number of hydrogen-bond donors (Lipinski definition) is 2. The summed E-state index contributed by atoms with van der Waals surface area (Å²) in [5.74, 6) is 1.98. The van der Waals surface area contributed by atoms with Crippen LogP contribution in [0.4, 0.5) is 11.5 Å². The summed E-state index contributed by atoms with van der Waals surface area (Å²) in [6, 6.07) is 17.9. The molecule has 3 rings (SSSR count). The van der Waals surface area contributed by atoms with Crippen LogP contribution < -0.4 is 20.5 Å². The largest absolute Gasteiger partial charge is 0.494 e. The van der Waals surface area contributed by atoms with Crippen molar-refractivity contribution in [2.45, 2.75) is 13.8 Å². The number of nitrogen functional groups attached to an aromatic ring is 1. The minimum Gasteiger partial charge on any atom is -0.494 e. The maximum absolute atomic E-state index is 12.3. The molecule has 27 heavy (non-hydrogen) atoms. The van der Waals surface area contributed by atoms with E-state index in [1.54, 1.807) is 36.4 Å². The molecule has 3 N–H and O–H groups in total. The Morgan fingerprint density at radius 1 is 1.04 bits per heavy atom. The molecule has 1 aromatic heterocycles. The zero-order valence-electron chi connectivity index (χ0n) is 15.2. The quantitative estimate of drug-likeness (QED) is 0.677. The van der Waals surface area contributed by atoms with E-state index >= 15 is 0 Å². The van der Waals surface area contributed by atoms with Gasteiger partial charge in [-0.3, -0.25) is 4.79 Å². The minimum atomic E-state index is -0.307. The van der Waals surface area contributed by atoms with Crippen LogP contribution in [0, 0.1) is 6.92 Å². The number of nitrogens with two attached hydrogens (primary N) is 1. The second-order valence-electron chi connectivity index (χ2n) is 5.87. The first-order valence-electron chi connectivity index (χ1n) is 8.60. The molecule has 0 saturated carbocycles. The number of pyridine rings is 1. The van der Waals surface area contributed by atoms with Crippen LogP contribution in [0.1, 0.15) is 23.0 Å². The lowest BCUT2D eigenvalue weighted by molar-refractivity contribution is 0.102. The number of nitrogens with one attached hydrogen (secondary N) is 1. The van der Waals surface area contributed by atoms with Crippen LogP contribution in [-0.2, 0) is 0 Å². The molecule has 6 heteroatoms. The van der Waals surface area contributed by atoms with Gasteiger partial charge < -0.3 is 20.5 Å². The second-order valence-corrected chi connectivity index (χ2v) is 5.87. The number of benzene rings is 2. The van der Waals surface area contributed by atoms with Crippen LogP contribution in [0.3, 0.4) is 0 Å². The van der Waals surface area contributed by atoms with Gasteiger partial charge in [-0.05, 0) is 62.4 Å². The minimum absolute atomic E-state index is 0.210. The summed E-state index contributed by atoms with van der Waals surface area (Å²) in [4.78, 5) is 16.4. The Hall–Kier alpha value is -3.54. The molecule has 0 aliphatic heterocycles. The molecule has 0 saturated heterocycles. The molecule has 1 amide bonds. The topological polar surface area (TPSA) is 86.5 Å². The molecule has 0 radical (unpaired) electrons. The number of carbonyl (C=O) groups is 1. The van der Waals surface area contributed by atoms with Crippen molar-refractivity contribution in [3.63, 3.8) is 0 Å². The van der Waals surface area contributed by atoms with Gasteiger partial charge in [0, 0.05) is 17.4 Å². The molecular weight excluding hydrogens is 342 g/mol. The van der Waals surface area contributed by atoms with E-state index in [1.807, 2.05) is 38.1 Å². The van der Waals surface area contributed by atoms with Gasteiger partial charge in [-0.2, -0.15) is 0 Å². The molecule has 0 spiro atoms. The summed E-state index contributed by atoms with van der Waals surface area (Å²) < 4.78 is 11.3. The van der Waals surface area contributed by atoms with Crippen molar-refractivity contribution in [2.24, 2.45) is 0 Å². The molecule has 138 valence electrons. The lowest BCUT2D eigenvalue weighted by Crippen LogP contribution is -2.15. The number of ether oxygens (including phenoxy) is 2. The second kappa shape index (κ2) is 8.23. The van der Waals surface area contributed by atoms with E-state index in [-0.39, 0.29) is 11.7 Å². The monoisotopic (exact) mass is 363 g/mol. The molecule has 0 aliphatic rings. The zero-order chi connectivity index (χ0) is 19.2. The summed E-state index contributed by atoms with van der Waals surface area (Å²) in [5.41, 5.74) is 7.56. The molecule has 3 aromatic rings. The van der Waals surface area contributed by atoms with Gasteiger partial charge in [-0.1, -0.05) is 6.07 Å². The van der Waals surface area contributed by atoms with Crippen molar-refractivity contribution in [3.05, 3.63) is 71.9 Å². The third-order valence-electron chi connectivity index (χ3n) is 3.77. The van der Waals surface area contributed by atoms with Gasteiger partial charge in [0.05, 0.1) is 12.2 Å². The van der Waals surface area contributed by atoms with Crippen LogP contribution in [0.25, 0.3) is 0 Å². The van der Waals surface area contributed by atoms with E-state index in [2.05, 4.69) is 10.3 Å². The average molecular weight is 363 g/mol. The van der Waals surface area contributed by atoms with E-state index in [9.17, 15) is 4.79 Å². The van der Waals surface area contributed by atoms with Crippen LogP contribution in [-0.4, -0.2) is 17.5 Å². The molecule has 0 bridgehead atoms. The van der Waals surface area contributed by atoms with E-state index in [0.29, 0.717) is 29.4 Å². The number of anilines is 2. The standard InChI is InChI=1S/C21H21N3O3/c1-3-26-17-5-4-6-18(13-17)27-16-10-8-15(9-11-16)24-21(25)19-12-7-14(2)23-20(19)22/h4-13H,3H2,1-2H3,(H2,22,23)(H,24,25).